The fourth-order valence-corrected chi connectivity index (χ4v) is 2.30. The fraction of sp³-hybridized carbons (Fsp3) is 0.429. The van der Waals surface area contributed by atoms with E-state index in [1.807, 2.05) is 0 Å². The Hall–Kier alpha value is -1.95. The van der Waals surface area contributed by atoms with E-state index in [0.717, 1.165) is 32.0 Å². The normalized spacial score (nSPS) is 15.2. The number of carbonyl (C=O) groups excluding carboxylic acids is 1. The van der Waals surface area contributed by atoms with Gasteiger partial charge in [0, 0.05) is 13.0 Å². The Morgan fingerprint density at radius 1 is 1.30 bits per heavy atom. The maximum atomic E-state index is 13.6. The zero-order chi connectivity index (χ0) is 14.5. The molecule has 1 fully saturated rings. The summed E-state index contributed by atoms with van der Waals surface area (Å²) in [5.41, 5.74) is -0.494. The molecule has 0 atom stereocenters. The number of carboxylic acids is 1. The Morgan fingerprint density at radius 2 is 2.00 bits per heavy atom. The van der Waals surface area contributed by atoms with Crippen molar-refractivity contribution in [2.75, 3.05) is 25.0 Å². The number of nitrogens with zero attached hydrogens (tertiary/aromatic N) is 1. The summed E-state index contributed by atoms with van der Waals surface area (Å²) in [6, 6.07) is 3.70. The third-order valence-corrected chi connectivity index (χ3v) is 3.36. The second-order valence-corrected chi connectivity index (χ2v) is 4.81. The van der Waals surface area contributed by atoms with Crippen LogP contribution in [0, 0.1) is 5.82 Å². The lowest BCUT2D eigenvalue weighted by atomic mass is 10.1. The second kappa shape index (κ2) is 6.47. The van der Waals surface area contributed by atoms with Gasteiger partial charge in [-0.1, -0.05) is 6.07 Å². The topological polar surface area (TPSA) is 69.6 Å². The Kier molecular flexibility index (Phi) is 4.68. The monoisotopic (exact) mass is 280 g/mol. The number of rotatable bonds is 5. The number of para-hydroxylation sites is 1. The molecule has 0 aromatic heterocycles. The van der Waals surface area contributed by atoms with Gasteiger partial charge in [0.25, 0.3) is 0 Å². The molecule has 2 N–H and O–H groups in total. The van der Waals surface area contributed by atoms with Crippen LogP contribution in [0.3, 0.4) is 0 Å². The van der Waals surface area contributed by atoms with Crippen LogP contribution in [0.1, 0.15) is 29.6 Å². The molecule has 2 rings (SSSR count). The summed E-state index contributed by atoms with van der Waals surface area (Å²) in [6.07, 6.45) is 2.50. The van der Waals surface area contributed by atoms with Crippen LogP contribution in [0.4, 0.5) is 10.1 Å². The van der Waals surface area contributed by atoms with Gasteiger partial charge in [0.2, 0.25) is 5.91 Å². The number of anilines is 1. The zero-order valence-electron chi connectivity index (χ0n) is 11.1. The van der Waals surface area contributed by atoms with Gasteiger partial charge in [-0.3, -0.25) is 4.79 Å². The highest BCUT2D eigenvalue weighted by Crippen LogP contribution is 2.20. The fourth-order valence-electron chi connectivity index (χ4n) is 2.30. The zero-order valence-corrected chi connectivity index (χ0v) is 11.1. The highest BCUT2D eigenvalue weighted by molar-refractivity contribution is 6.00. The first-order valence-electron chi connectivity index (χ1n) is 6.62. The van der Waals surface area contributed by atoms with Gasteiger partial charge in [0.15, 0.2) is 0 Å². The average molecular weight is 280 g/mol. The van der Waals surface area contributed by atoms with Crippen molar-refractivity contribution >= 4 is 17.6 Å². The number of hydrogen-bond acceptors (Lipinski definition) is 3. The standard InChI is InChI=1S/C14H17FN2O3/c15-11-5-3-4-10(14(19)20)13(11)16-12(18)6-9-17-7-1-2-8-17/h3-5H,1-2,6-9H2,(H,16,18)(H,19,20). The van der Waals surface area contributed by atoms with Crippen LogP contribution in [0.25, 0.3) is 0 Å². The maximum absolute atomic E-state index is 13.6. The van der Waals surface area contributed by atoms with Gasteiger partial charge in [0.05, 0.1) is 11.3 Å². The number of likely N-dealkylation sites (tertiary alicyclic amines) is 1. The number of carboxylic acid groups (broad SMARTS) is 1. The van der Waals surface area contributed by atoms with Crippen molar-refractivity contribution in [3.05, 3.63) is 29.6 Å². The summed E-state index contributed by atoms with van der Waals surface area (Å²) in [5, 5.41) is 11.3. The molecule has 1 aromatic rings. The van der Waals surface area contributed by atoms with Crippen molar-refractivity contribution in [2.45, 2.75) is 19.3 Å². The molecule has 0 aliphatic carbocycles. The summed E-state index contributed by atoms with van der Waals surface area (Å²) in [5.74, 6) is -2.37. The molecule has 5 nitrogen and oxygen atoms in total. The number of nitrogens with one attached hydrogen (secondary N) is 1. The van der Waals surface area contributed by atoms with Gasteiger partial charge in [-0.15, -0.1) is 0 Å². The first-order valence-corrected chi connectivity index (χ1v) is 6.62. The molecule has 0 unspecified atom stereocenters. The predicted octanol–water partition coefficient (Wildman–Crippen LogP) is 1.95. The second-order valence-electron chi connectivity index (χ2n) is 4.81. The van der Waals surface area contributed by atoms with E-state index in [9.17, 15) is 14.0 Å². The predicted molar refractivity (Wildman–Crippen MR) is 72.3 cm³/mol. The van der Waals surface area contributed by atoms with Gasteiger partial charge in [-0.05, 0) is 38.1 Å². The van der Waals surface area contributed by atoms with Gasteiger partial charge < -0.3 is 15.3 Å². The molecule has 1 aromatic carbocycles. The van der Waals surface area contributed by atoms with E-state index in [1.165, 1.54) is 12.1 Å². The third-order valence-electron chi connectivity index (χ3n) is 3.36. The molecule has 20 heavy (non-hydrogen) atoms. The highest BCUT2D eigenvalue weighted by Gasteiger charge is 2.17. The van der Waals surface area contributed by atoms with E-state index in [4.69, 9.17) is 5.11 Å². The molecule has 1 saturated heterocycles. The van der Waals surface area contributed by atoms with Crippen LogP contribution in [0.2, 0.25) is 0 Å². The molecule has 0 bridgehead atoms. The molecule has 1 amide bonds. The van der Waals surface area contributed by atoms with Crippen molar-refractivity contribution in [1.82, 2.24) is 4.90 Å². The number of halogens is 1. The number of amides is 1. The van der Waals surface area contributed by atoms with E-state index in [2.05, 4.69) is 10.2 Å². The molecule has 6 heteroatoms. The number of carbonyl (C=O) groups is 2. The highest BCUT2D eigenvalue weighted by atomic mass is 19.1. The van der Waals surface area contributed by atoms with Crippen molar-refractivity contribution < 1.29 is 19.1 Å². The van der Waals surface area contributed by atoms with Gasteiger partial charge in [0.1, 0.15) is 5.82 Å². The SMILES string of the molecule is O=C(CCN1CCCC1)Nc1c(F)cccc1C(=O)O. The van der Waals surface area contributed by atoms with Crippen LogP contribution in [0.15, 0.2) is 18.2 Å². The van der Waals surface area contributed by atoms with Gasteiger partial charge in [-0.2, -0.15) is 0 Å². The number of benzene rings is 1. The molecular formula is C14H17FN2O3. The van der Waals surface area contributed by atoms with Crippen molar-refractivity contribution in [3.63, 3.8) is 0 Å². The summed E-state index contributed by atoms with van der Waals surface area (Å²) in [6.45, 7) is 2.57. The minimum Gasteiger partial charge on any atom is -0.478 e. The van der Waals surface area contributed by atoms with Gasteiger partial charge in [-0.25, -0.2) is 9.18 Å². The summed E-state index contributed by atoms with van der Waals surface area (Å²) in [4.78, 5) is 25.0. The largest absolute Gasteiger partial charge is 0.478 e. The Balaban J connectivity index is 1.98. The van der Waals surface area contributed by atoms with Crippen LogP contribution < -0.4 is 5.32 Å². The average Bonchev–Trinajstić information content (AvgIpc) is 2.91. The molecule has 1 aliphatic heterocycles. The molecule has 1 heterocycles. The molecule has 0 radical (unpaired) electrons. The number of hydrogen-bond donors (Lipinski definition) is 2. The van der Waals surface area contributed by atoms with Crippen molar-refractivity contribution in [2.24, 2.45) is 0 Å². The van der Waals surface area contributed by atoms with E-state index in [1.54, 1.807) is 0 Å². The molecule has 0 spiro atoms. The van der Waals surface area contributed by atoms with Crippen molar-refractivity contribution in [3.8, 4) is 0 Å². The smallest absolute Gasteiger partial charge is 0.337 e. The Bertz CT molecular complexity index is 513. The quantitative estimate of drug-likeness (QED) is 0.865. The van der Waals surface area contributed by atoms with Crippen LogP contribution in [0.5, 0.6) is 0 Å². The summed E-state index contributed by atoms with van der Waals surface area (Å²) in [7, 11) is 0. The lowest BCUT2D eigenvalue weighted by Gasteiger charge is -2.14. The summed E-state index contributed by atoms with van der Waals surface area (Å²) >= 11 is 0. The van der Waals surface area contributed by atoms with Crippen LogP contribution in [-0.4, -0.2) is 41.5 Å². The minimum absolute atomic E-state index is 0.230. The lowest BCUT2D eigenvalue weighted by molar-refractivity contribution is -0.116. The minimum atomic E-state index is -1.26. The molecular weight excluding hydrogens is 263 g/mol. The third kappa shape index (κ3) is 3.54. The van der Waals surface area contributed by atoms with Crippen LogP contribution in [-0.2, 0) is 4.79 Å². The van der Waals surface area contributed by atoms with Gasteiger partial charge >= 0.3 is 5.97 Å². The number of aromatic carboxylic acids is 1. The molecule has 0 saturated carbocycles. The maximum Gasteiger partial charge on any atom is 0.337 e. The Labute approximate surface area is 116 Å². The van der Waals surface area contributed by atoms with E-state index < -0.39 is 11.8 Å². The Morgan fingerprint density at radius 3 is 2.65 bits per heavy atom. The summed E-state index contributed by atoms with van der Waals surface area (Å²) < 4.78 is 13.6. The molecule has 108 valence electrons. The van der Waals surface area contributed by atoms with E-state index >= 15 is 0 Å². The first-order chi connectivity index (χ1) is 9.58. The lowest BCUT2D eigenvalue weighted by Crippen LogP contribution is -2.25. The van der Waals surface area contributed by atoms with Crippen molar-refractivity contribution in [1.29, 1.82) is 0 Å². The van der Waals surface area contributed by atoms with E-state index in [0.29, 0.717) is 6.54 Å². The van der Waals surface area contributed by atoms with E-state index in [-0.39, 0.29) is 23.6 Å². The molecule has 1 aliphatic rings. The van der Waals surface area contributed by atoms with Crippen LogP contribution >= 0.6 is 0 Å². The first kappa shape index (κ1) is 14.5.